The van der Waals surface area contributed by atoms with E-state index in [4.69, 9.17) is 0 Å². The molecule has 0 aromatic rings. The van der Waals surface area contributed by atoms with Gasteiger partial charge in [-0.25, -0.2) is 0 Å². The van der Waals surface area contributed by atoms with E-state index in [9.17, 15) is 15.3 Å². The van der Waals surface area contributed by atoms with E-state index in [-0.39, 0.29) is 12.2 Å². The summed E-state index contributed by atoms with van der Waals surface area (Å²) in [7, 11) is 3.07. The van der Waals surface area contributed by atoms with E-state index in [0.29, 0.717) is 23.4 Å². The van der Waals surface area contributed by atoms with Gasteiger partial charge < -0.3 is 15.3 Å². The molecule has 0 spiro atoms. The second-order valence-corrected chi connectivity index (χ2v) is 12.0. The van der Waals surface area contributed by atoms with Gasteiger partial charge in [-0.1, -0.05) is 45.3 Å². The first-order chi connectivity index (χ1) is 14.4. The molecule has 31 heavy (non-hydrogen) atoms. The summed E-state index contributed by atoms with van der Waals surface area (Å²) >= 11 is 0. The predicted molar refractivity (Wildman–Crippen MR) is 137 cm³/mol. The SMILES string of the molecule is C/C(=C\CCC(C)(O)CCCC(C)O)CCCC(C)CCC1CC(O)C(C)C(C)C1P. The average Bonchev–Trinajstić information content (AvgIpc) is 2.67. The zero-order chi connectivity index (χ0) is 23.6. The number of hydrogen-bond donors (Lipinski definition) is 3. The van der Waals surface area contributed by atoms with Crippen molar-refractivity contribution < 1.29 is 15.3 Å². The highest BCUT2D eigenvalue weighted by atomic mass is 31.0. The maximum atomic E-state index is 10.5. The third-order valence-electron chi connectivity index (χ3n) is 7.94. The zero-order valence-electron chi connectivity index (χ0n) is 21.3. The number of allylic oxidation sites excluding steroid dienone is 2. The third-order valence-corrected chi connectivity index (χ3v) is 9.09. The molecule has 0 heterocycles. The highest BCUT2D eigenvalue weighted by Gasteiger charge is 2.37. The van der Waals surface area contributed by atoms with Crippen LogP contribution in [0.25, 0.3) is 0 Å². The molecule has 1 saturated carbocycles. The Morgan fingerprint density at radius 3 is 2.42 bits per heavy atom. The summed E-state index contributed by atoms with van der Waals surface area (Å²) in [5.41, 5.74) is 1.45. The van der Waals surface area contributed by atoms with Crippen LogP contribution in [0.3, 0.4) is 0 Å². The Labute approximate surface area is 195 Å². The van der Waals surface area contributed by atoms with Crippen LogP contribution in [0.5, 0.6) is 0 Å². The molecule has 0 bridgehead atoms. The normalized spacial score (nSPS) is 31.3. The van der Waals surface area contributed by atoms with Gasteiger partial charge in [0.1, 0.15) is 0 Å². The average molecular weight is 457 g/mol. The largest absolute Gasteiger partial charge is 0.393 e. The van der Waals surface area contributed by atoms with Crippen LogP contribution in [-0.4, -0.2) is 38.8 Å². The summed E-state index contributed by atoms with van der Waals surface area (Å²) in [5, 5.41) is 30.2. The topological polar surface area (TPSA) is 60.7 Å². The van der Waals surface area contributed by atoms with Crippen molar-refractivity contribution in [1.29, 1.82) is 0 Å². The molecule has 0 aliphatic heterocycles. The van der Waals surface area contributed by atoms with Crippen molar-refractivity contribution in [3.05, 3.63) is 11.6 Å². The monoisotopic (exact) mass is 456 g/mol. The molecule has 0 saturated heterocycles. The van der Waals surface area contributed by atoms with E-state index < -0.39 is 5.60 Å². The summed E-state index contributed by atoms with van der Waals surface area (Å²) in [6, 6.07) is 0. The molecule has 1 fully saturated rings. The second-order valence-electron chi connectivity index (χ2n) is 11.3. The van der Waals surface area contributed by atoms with Crippen LogP contribution in [0.4, 0.5) is 0 Å². The number of aliphatic hydroxyl groups excluding tert-OH is 2. The molecule has 3 N–H and O–H groups in total. The molecule has 4 heteroatoms. The molecule has 1 aliphatic rings. The van der Waals surface area contributed by atoms with E-state index in [2.05, 4.69) is 43.0 Å². The van der Waals surface area contributed by atoms with Crippen molar-refractivity contribution in [3.8, 4) is 0 Å². The molecule has 0 amide bonds. The van der Waals surface area contributed by atoms with Gasteiger partial charge >= 0.3 is 0 Å². The molecule has 9 atom stereocenters. The molecule has 184 valence electrons. The summed E-state index contributed by atoms with van der Waals surface area (Å²) in [6.07, 6.45) is 13.2. The van der Waals surface area contributed by atoms with E-state index >= 15 is 0 Å². The van der Waals surface area contributed by atoms with Gasteiger partial charge in [0.25, 0.3) is 0 Å². The Morgan fingerprint density at radius 2 is 1.77 bits per heavy atom. The molecule has 1 rings (SSSR count). The van der Waals surface area contributed by atoms with Gasteiger partial charge in [-0.15, -0.1) is 9.24 Å². The van der Waals surface area contributed by atoms with Gasteiger partial charge in [0.05, 0.1) is 17.8 Å². The van der Waals surface area contributed by atoms with Crippen LogP contribution in [0, 0.1) is 23.7 Å². The summed E-state index contributed by atoms with van der Waals surface area (Å²) < 4.78 is 0. The molecular weight excluding hydrogens is 403 g/mol. The Bertz CT molecular complexity index is 517. The smallest absolute Gasteiger partial charge is 0.0622 e. The predicted octanol–water partition coefficient (Wildman–Crippen LogP) is 6.50. The van der Waals surface area contributed by atoms with Crippen molar-refractivity contribution >= 4 is 9.24 Å². The molecule has 0 aromatic carbocycles. The Hall–Kier alpha value is 0.0500. The van der Waals surface area contributed by atoms with Crippen LogP contribution >= 0.6 is 9.24 Å². The molecule has 0 radical (unpaired) electrons. The summed E-state index contributed by atoms with van der Waals surface area (Å²) in [4.78, 5) is 0. The molecule has 9 unspecified atom stereocenters. The first kappa shape index (κ1) is 29.1. The lowest BCUT2D eigenvalue weighted by atomic mass is 9.71. The lowest BCUT2D eigenvalue weighted by Gasteiger charge is -2.42. The van der Waals surface area contributed by atoms with E-state index in [1.165, 1.54) is 31.3 Å². The van der Waals surface area contributed by atoms with E-state index in [1.54, 1.807) is 0 Å². The molecule has 1 aliphatic carbocycles. The second kappa shape index (κ2) is 14.3. The maximum absolute atomic E-state index is 10.5. The number of hydrogen-bond acceptors (Lipinski definition) is 3. The minimum atomic E-state index is -0.627. The van der Waals surface area contributed by atoms with Crippen LogP contribution in [0.15, 0.2) is 11.6 Å². The van der Waals surface area contributed by atoms with Crippen LogP contribution in [-0.2, 0) is 0 Å². The van der Waals surface area contributed by atoms with Crippen molar-refractivity contribution in [1.82, 2.24) is 0 Å². The fourth-order valence-electron chi connectivity index (χ4n) is 5.13. The molecule has 0 aromatic heterocycles. The Morgan fingerprint density at radius 1 is 1.10 bits per heavy atom. The van der Waals surface area contributed by atoms with E-state index in [0.717, 1.165) is 50.9 Å². The lowest BCUT2D eigenvalue weighted by molar-refractivity contribution is 0.0221. The van der Waals surface area contributed by atoms with Gasteiger partial charge in [-0.3, -0.25) is 0 Å². The highest BCUT2D eigenvalue weighted by molar-refractivity contribution is 7.17. The van der Waals surface area contributed by atoms with Crippen molar-refractivity contribution in [2.24, 2.45) is 23.7 Å². The first-order valence-electron chi connectivity index (χ1n) is 12.9. The number of aliphatic hydroxyl groups is 3. The minimum absolute atomic E-state index is 0.126. The molecule has 3 nitrogen and oxygen atoms in total. The molecular formula is C27H53O3P. The van der Waals surface area contributed by atoms with Crippen LogP contribution < -0.4 is 0 Å². The Kier molecular flexibility index (Phi) is 13.5. The fourth-order valence-corrected chi connectivity index (χ4v) is 5.83. The van der Waals surface area contributed by atoms with Gasteiger partial charge in [-0.05, 0) is 108 Å². The highest BCUT2D eigenvalue weighted by Crippen LogP contribution is 2.41. The Balaban J connectivity index is 2.22. The van der Waals surface area contributed by atoms with Crippen LogP contribution in [0.2, 0.25) is 0 Å². The van der Waals surface area contributed by atoms with Gasteiger partial charge in [0.2, 0.25) is 0 Å². The quantitative estimate of drug-likeness (QED) is 0.207. The van der Waals surface area contributed by atoms with Crippen molar-refractivity contribution in [2.75, 3.05) is 0 Å². The lowest BCUT2D eigenvalue weighted by Crippen LogP contribution is -2.41. The van der Waals surface area contributed by atoms with E-state index in [1.807, 2.05) is 13.8 Å². The maximum Gasteiger partial charge on any atom is 0.0622 e. The summed E-state index contributed by atoms with van der Waals surface area (Å²) in [5.74, 6) is 2.38. The standard InChI is InChI=1S/C27H53O3P/c1-19(12-8-16-27(6,30)17-9-13-21(3)28)10-7-11-20(2)14-15-24-18-25(29)22(4)23(5)26(24)31/h12,20-26,28-30H,7-11,13-18,31H2,1-6H3/b19-12+. The minimum Gasteiger partial charge on any atom is -0.393 e. The van der Waals surface area contributed by atoms with Crippen molar-refractivity contribution in [3.63, 3.8) is 0 Å². The first-order valence-corrected chi connectivity index (χ1v) is 13.6. The summed E-state index contributed by atoms with van der Waals surface area (Å²) in [6.45, 7) is 12.8. The third kappa shape index (κ3) is 11.6. The van der Waals surface area contributed by atoms with Crippen molar-refractivity contribution in [2.45, 2.75) is 136 Å². The van der Waals surface area contributed by atoms with Gasteiger partial charge in [-0.2, -0.15) is 0 Å². The fraction of sp³-hybridized carbons (Fsp3) is 0.926. The zero-order valence-corrected chi connectivity index (χ0v) is 22.5. The number of rotatable bonds is 14. The van der Waals surface area contributed by atoms with Crippen LogP contribution in [0.1, 0.15) is 112 Å². The van der Waals surface area contributed by atoms with Gasteiger partial charge in [0, 0.05) is 0 Å². The van der Waals surface area contributed by atoms with Gasteiger partial charge in [0.15, 0.2) is 0 Å².